The number of nitrogens with two attached hydrogens (primary N) is 1. The van der Waals surface area contributed by atoms with Crippen molar-refractivity contribution < 1.29 is 9.90 Å². The molecule has 5 nitrogen and oxygen atoms in total. The van der Waals surface area contributed by atoms with Crippen LogP contribution in [-0.4, -0.2) is 35.7 Å². The highest BCUT2D eigenvalue weighted by Gasteiger charge is 2.35. The molecule has 1 atom stereocenters. The number of pyridine rings is 1. The maximum atomic E-state index is 11.4. The number of hydrogen-bond donors (Lipinski definition) is 2. The van der Waals surface area contributed by atoms with E-state index in [0.717, 1.165) is 31.6 Å². The molecule has 2 heterocycles. The molecule has 0 bridgehead atoms. The Morgan fingerprint density at radius 3 is 2.79 bits per heavy atom. The quantitative estimate of drug-likeness (QED) is 0.881. The van der Waals surface area contributed by atoms with Gasteiger partial charge in [0, 0.05) is 30.3 Å². The van der Waals surface area contributed by atoms with Crippen LogP contribution in [0.15, 0.2) is 48.7 Å². The van der Waals surface area contributed by atoms with Crippen molar-refractivity contribution in [3.8, 4) is 0 Å². The van der Waals surface area contributed by atoms with Crippen LogP contribution in [0.2, 0.25) is 0 Å². The van der Waals surface area contributed by atoms with E-state index in [1.165, 1.54) is 5.56 Å². The highest BCUT2D eigenvalue weighted by molar-refractivity contribution is 5.93. The number of rotatable bonds is 5. The fourth-order valence-electron chi connectivity index (χ4n) is 3.51. The first-order valence-corrected chi connectivity index (χ1v) is 8.27. The number of benzene rings is 1. The molecule has 0 aliphatic carbocycles. The molecule has 1 aliphatic rings. The molecular weight excluding hydrogens is 302 g/mol. The molecule has 5 heteroatoms. The molecule has 126 valence electrons. The minimum atomic E-state index is -0.451. The fourth-order valence-corrected chi connectivity index (χ4v) is 3.51. The summed E-state index contributed by atoms with van der Waals surface area (Å²) in [6.07, 6.45) is 4.40. The number of carbonyl (C=O) groups is 1. The van der Waals surface area contributed by atoms with Gasteiger partial charge >= 0.3 is 0 Å². The standard InChI is InChI=1S/C19H23N3O2/c20-18(24)16-7-9-21-17(11-16)22-10-4-8-19(13-22,14-23)12-15-5-2-1-3-6-15/h1-3,5-7,9,11,23H,4,8,10,12-14H2,(H2,20,24)/t19-/m1/s1. The molecule has 3 N–H and O–H groups in total. The Balaban J connectivity index is 1.82. The van der Waals surface area contributed by atoms with E-state index in [9.17, 15) is 9.90 Å². The van der Waals surface area contributed by atoms with Crippen LogP contribution in [-0.2, 0) is 6.42 Å². The molecule has 1 aromatic heterocycles. The first-order chi connectivity index (χ1) is 11.6. The number of piperidine rings is 1. The molecular formula is C19H23N3O2. The lowest BCUT2D eigenvalue weighted by Gasteiger charge is -2.42. The summed E-state index contributed by atoms with van der Waals surface area (Å²) in [6, 6.07) is 13.6. The monoisotopic (exact) mass is 325 g/mol. The molecule has 3 rings (SSSR count). The Morgan fingerprint density at radius 2 is 2.08 bits per heavy atom. The van der Waals surface area contributed by atoms with Crippen molar-refractivity contribution in [2.24, 2.45) is 11.1 Å². The summed E-state index contributed by atoms with van der Waals surface area (Å²) in [4.78, 5) is 17.9. The van der Waals surface area contributed by atoms with E-state index in [2.05, 4.69) is 22.0 Å². The summed E-state index contributed by atoms with van der Waals surface area (Å²) in [5.41, 5.74) is 6.87. The number of carbonyl (C=O) groups excluding carboxylic acids is 1. The normalized spacial score (nSPS) is 20.8. The average Bonchev–Trinajstić information content (AvgIpc) is 2.63. The molecule has 1 aliphatic heterocycles. The fraction of sp³-hybridized carbons (Fsp3) is 0.368. The first-order valence-electron chi connectivity index (χ1n) is 8.27. The molecule has 1 amide bonds. The Bertz CT molecular complexity index is 705. The molecule has 1 saturated heterocycles. The zero-order valence-corrected chi connectivity index (χ0v) is 13.7. The minimum absolute atomic E-state index is 0.133. The van der Waals surface area contributed by atoms with E-state index < -0.39 is 5.91 Å². The van der Waals surface area contributed by atoms with E-state index in [4.69, 9.17) is 5.73 Å². The number of aromatic nitrogens is 1. The van der Waals surface area contributed by atoms with Gasteiger partial charge in [0.2, 0.25) is 5.91 Å². The van der Waals surface area contributed by atoms with Gasteiger partial charge in [-0.05, 0) is 37.0 Å². The van der Waals surface area contributed by atoms with Crippen LogP contribution in [0.25, 0.3) is 0 Å². The summed E-state index contributed by atoms with van der Waals surface area (Å²) < 4.78 is 0. The van der Waals surface area contributed by atoms with E-state index in [1.807, 2.05) is 18.2 Å². The molecule has 2 aromatic rings. The maximum Gasteiger partial charge on any atom is 0.248 e. The van der Waals surface area contributed by atoms with Gasteiger partial charge in [-0.3, -0.25) is 4.79 Å². The summed E-state index contributed by atoms with van der Waals surface area (Å²) in [5.74, 6) is 0.297. The van der Waals surface area contributed by atoms with E-state index in [0.29, 0.717) is 12.1 Å². The van der Waals surface area contributed by atoms with Gasteiger partial charge < -0.3 is 15.7 Å². The number of aliphatic hydroxyl groups is 1. The van der Waals surface area contributed by atoms with Gasteiger partial charge in [0.1, 0.15) is 5.82 Å². The Morgan fingerprint density at radius 1 is 1.29 bits per heavy atom. The molecule has 0 radical (unpaired) electrons. The SMILES string of the molecule is NC(=O)c1ccnc(N2CCC[C@@](CO)(Cc3ccccc3)C2)c1. The summed E-state index contributed by atoms with van der Waals surface area (Å²) in [7, 11) is 0. The number of anilines is 1. The van der Waals surface area contributed by atoms with Gasteiger partial charge in [0.05, 0.1) is 6.61 Å². The molecule has 1 fully saturated rings. The zero-order chi connectivity index (χ0) is 17.0. The van der Waals surface area contributed by atoms with Crippen molar-refractivity contribution in [3.63, 3.8) is 0 Å². The van der Waals surface area contributed by atoms with Crippen molar-refractivity contribution in [1.29, 1.82) is 0 Å². The van der Waals surface area contributed by atoms with Crippen LogP contribution in [0.4, 0.5) is 5.82 Å². The van der Waals surface area contributed by atoms with E-state index >= 15 is 0 Å². The Hall–Kier alpha value is -2.40. The van der Waals surface area contributed by atoms with Crippen LogP contribution >= 0.6 is 0 Å². The predicted octanol–water partition coefficient (Wildman–Crippen LogP) is 2.00. The second-order valence-electron chi connectivity index (χ2n) is 6.61. The molecule has 0 unspecified atom stereocenters. The van der Waals surface area contributed by atoms with Gasteiger partial charge in [-0.2, -0.15) is 0 Å². The lowest BCUT2D eigenvalue weighted by Crippen LogP contribution is -2.47. The van der Waals surface area contributed by atoms with Crippen molar-refractivity contribution in [1.82, 2.24) is 4.98 Å². The second kappa shape index (κ2) is 7.01. The van der Waals surface area contributed by atoms with Gasteiger partial charge in [-0.15, -0.1) is 0 Å². The van der Waals surface area contributed by atoms with Crippen molar-refractivity contribution in [3.05, 3.63) is 59.8 Å². The molecule has 0 spiro atoms. The van der Waals surface area contributed by atoms with Gasteiger partial charge in [0.25, 0.3) is 0 Å². The van der Waals surface area contributed by atoms with Crippen LogP contribution in [0, 0.1) is 5.41 Å². The van der Waals surface area contributed by atoms with E-state index in [-0.39, 0.29) is 12.0 Å². The Labute approximate surface area is 142 Å². The zero-order valence-electron chi connectivity index (χ0n) is 13.7. The predicted molar refractivity (Wildman–Crippen MR) is 93.9 cm³/mol. The van der Waals surface area contributed by atoms with Crippen molar-refractivity contribution >= 4 is 11.7 Å². The summed E-state index contributed by atoms with van der Waals surface area (Å²) in [6.45, 7) is 1.72. The van der Waals surface area contributed by atoms with E-state index in [1.54, 1.807) is 18.3 Å². The van der Waals surface area contributed by atoms with Gasteiger partial charge in [0.15, 0.2) is 0 Å². The highest BCUT2D eigenvalue weighted by atomic mass is 16.3. The summed E-state index contributed by atoms with van der Waals surface area (Å²) in [5, 5.41) is 10.1. The number of aliphatic hydroxyl groups excluding tert-OH is 1. The topological polar surface area (TPSA) is 79.5 Å². The molecule has 1 aromatic carbocycles. The second-order valence-corrected chi connectivity index (χ2v) is 6.61. The third-order valence-electron chi connectivity index (χ3n) is 4.77. The smallest absolute Gasteiger partial charge is 0.248 e. The van der Waals surface area contributed by atoms with Crippen LogP contribution in [0.1, 0.15) is 28.8 Å². The minimum Gasteiger partial charge on any atom is -0.396 e. The van der Waals surface area contributed by atoms with Crippen LogP contribution in [0.5, 0.6) is 0 Å². The highest BCUT2D eigenvalue weighted by Crippen LogP contribution is 2.35. The van der Waals surface area contributed by atoms with Gasteiger partial charge in [-0.1, -0.05) is 30.3 Å². The largest absolute Gasteiger partial charge is 0.396 e. The third kappa shape index (κ3) is 3.57. The number of amides is 1. The Kier molecular flexibility index (Phi) is 4.81. The van der Waals surface area contributed by atoms with Crippen molar-refractivity contribution in [2.75, 3.05) is 24.6 Å². The summed E-state index contributed by atoms with van der Waals surface area (Å²) >= 11 is 0. The number of primary amides is 1. The van der Waals surface area contributed by atoms with Crippen molar-refractivity contribution in [2.45, 2.75) is 19.3 Å². The molecule has 0 saturated carbocycles. The molecule has 24 heavy (non-hydrogen) atoms. The lowest BCUT2D eigenvalue weighted by molar-refractivity contribution is 0.0999. The van der Waals surface area contributed by atoms with Crippen LogP contribution in [0.3, 0.4) is 0 Å². The van der Waals surface area contributed by atoms with Crippen LogP contribution < -0.4 is 10.6 Å². The van der Waals surface area contributed by atoms with Gasteiger partial charge in [-0.25, -0.2) is 4.98 Å². The maximum absolute atomic E-state index is 11.4. The number of hydrogen-bond acceptors (Lipinski definition) is 4. The first kappa shape index (κ1) is 16.5. The average molecular weight is 325 g/mol. The number of nitrogens with zero attached hydrogens (tertiary/aromatic N) is 2. The lowest BCUT2D eigenvalue weighted by atomic mass is 9.75. The third-order valence-corrected chi connectivity index (χ3v) is 4.77.